The fourth-order valence-corrected chi connectivity index (χ4v) is 1.90. The first-order valence-electron chi connectivity index (χ1n) is 3.19. The van der Waals surface area contributed by atoms with Crippen LogP contribution in [0.4, 0.5) is 0 Å². The van der Waals surface area contributed by atoms with Gasteiger partial charge in [0.05, 0.1) is 17.2 Å². The van der Waals surface area contributed by atoms with E-state index < -0.39 is 5.91 Å². The van der Waals surface area contributed by atoms with Gasteiger partial charge in [-0.05, 0) is 12.2 Å². The van der Waals surface area contributed by atoms with E-state index in [1.165, 1.54) is 0 Å². The van der Waals surface area contributed by atoms with E-state index >= 15 is 0 Å². The van der Waals surface area contributed by atoms with Crippen LogP contribution in [-0.4, -0.2) is 17.5 Å². The minimum atomic E-state index is -0.391. The molecular formula is C7H6N2OS. The normalized spacial score (nSPS) is 20.5. The number of aliphatic imine (C=N–C) groups is 1. The number of primary amides is 1. The van der Waals surface area contributed by atoms with Gasteiger partial charge in [-0.1, -0.05) is 0 Å². The summed E-state index contributed by atoms with van der Waals surface area (Å²) in [6, 6.07) is 0. The molecule has 0 atom stereocenters. The number of nitrogens with zero attached hydrogens (tertiary/aromatic N) is 1. The molecule has 0 unspecified atom stereocenters. The van der Waals surface area contributed by atoms with Gasteiger partial charge >= 0.3 is 0 Å². The van der Waals surface area contributed by atoms with Gasteiger partial charge in [-0.2, -0.15) is 0 Å². The number of carbonyl (C=O) groups excluding carboxylic acids is 1. The van der Waals surface area contributed by atoms with Crippen LogP contribution in [0.1, 0.15) is 0 Å². The lowest BCUT2D eigenvalue weighted by molar-refractivity contribution is -0.114. The molecule has 0 aromatic carbocycles. The molecule has 4 heteroatoms. The highest BCUT2D eigenvalue weighted by molar-refractivity contribution is 8.04. The van der Waals surface area contributed by atoms with Crippen LogP contribution in [0.5, 0.6) is 0 Å². The fraction of sp³-hybridized carbons (Fsp3) is 0.143. The number of hydrogen-bond acceptors (Lipinski definition) is 3. The number of allylic oxidation sites excluding steroid dienone is 3. The standard InChI is InChI=1S/C7H6N2OS/c8-7(10)4-1-2-5-6(4)9-3-11-5/h1-2H,3H2,(H2,8,10). The van der Waals surface area contributed by atoms with Crippen LogP contribution in [0.2, 0.25) is 0 Å². The van der Waals surface area contributed by atoms with Crippen molar-refractivity contribution in [3.63, 3.8) is 0 Å². The van der Waals surface area contributed by atoms with Crippen LogP contribution in [-0.2, 0) is 4.79 Å². The van der Waals surface area contributed by atoms with Crippen molar-refractivity contribution >= 4 is 23.4 Å². The molecule has 2 rings (SSSR count). The van der Waals surface area contributed by atoms with E-state index in [1.807, 2.05) is 6.08 Å². The number of hydrogen-bond donors (Lipinski definition) is 1. The highest BCUT2D eigenvalue weighted by Gasteiger charge is 2.24. The molecule has 0 saturated heterocycles. The summed E-state index contributed by atoms with van der Waals surface area (Å²) in [5.41, 5.74) is 6.45. The molecule has 0 radical (unpaired) electrons. The molecule has 1 heterocycles. The van der Waals surface area contributed by atoms with Crippen LogP contribution < -0.4 is 5.73 Å². The molecule has 1 aliphatic carbocycles. The van der Waals surface area contributed by atoms with Crippen molar-refractivity contribution in [1.29, 1.82) is 0 Å². The Kier molecular flexibility index (Phi) is 1.35. The lowest BCUT2D eigenvalue weighted by Crippen LogP contribution is -2.18. The molecule has 0 spiro atoms. The van der Waals surface area contributed by atoms with Crippen LogP contribution >= 0.6 is 11.8 Å². The summed E-state index contributed by atoms with van der Waals surface area (Å²) in [6.07, 6.45) is 3.61. The molecule has 0 bridgehead atoms. The number of nitrogens with two attached hydrogens (primary N) is 1. The van der Waals surface area contributed by atoms with E-state index in [0.29, 0.717) is 11.4 Å². The van der Waals surface area contributed by atoms with E-state index in [9.17, 15) is 4.79 Å². The second-order valence-corrected chi connectivity index (χ2v) is 3.24. The van der Waals surface area contributed by atoms with Crippen molar-refractivity contribution in [2.24, 2.45) is 10.7 Å². The molecule has 2 N–H and O–H groups in total. The maximum atomic E-state index is 10.8. The van der Waals surface area contributed by atoms with Crippen molar-refractivity contribution in [2.75, 3.05) is 5.88 Å². The zero-order valence-corrected chi connectivity index (χ0v) is 6.52. The van der Waals surface area contributed by atoms with Gasteiger partial charge < -0.3 is 5.73 Å². The van der Waals surface area contributed by atoms with E-state index in [-0.39, 0.29) is 0 Å². The smallest absolute Gasteiger partial charge is 0.250 e. The molecular weight excluding hydrogens is 160 g/mol. The first kappa shape index (κ1) is 6.67. The number of amides is 1. The highest BCUT2D eigenvalue weighted by Crippen LogP contribution is 2.31. The Morgan fingerprint density at radius 2 is 2.45 bits per heavy atom. The van der Waals surface area contributed by atoms with Crippen LogP contribution in [0.25, 0.3) is 0 Å². The topological polar surface area (TPSA) is 55.5 Å². The van der Waals surface area contributed by atoms with E-state index in [4.69, 9.17) is 5.73 Å². The lowest BCUT2D eigenvalue weighted by atomic mass is 10.2. The van der Waals surface area contributed by atoms with Crippen molar-refractivity contribution in [3.05, 3.63) is 22.6 Å². The van der Waals surface area contributed by atoms with Gasteiger partial charge in [-0.15, -0.1) is 11.8 Å². The zero-order chi connectivity index (χ0) is 7.84. The SMILES string of the molecule is NC(=O)C1=CC=C2SCN=C21. The quantitative estimate of drug-likeness (QED) is 0.614. The summed E-state index contributed by atoms with van der Waals surface area (Å²) in [6.45, 7) is 0. The number of rotatable bonds is 1. The van der Waals surface area contributed by atoms with Crippen molar-refractivity contribution < 1.29 is 4.79 Å². The molecule has 11 heavy (non-hydrogen) atoms. The third-order valence-electron chi connectivity index (χ3n) is 1.60. The second kappa shape index (κ2) is 2.23. The van der Waals surface area contributed by atoms with Crippen LogP contribution in [0.3, 0.4) is 0 Å². The summed E-state index contributed by atoms with van der Waals surface area (Å²) in [7, 11) is 0. The third kappa shape index (κ3) is 0.903. The average Bonchev–Trinajstić information content (AvgIpc) is 2.41. The Hall–Kier alpha value is -1.03. The fourth-order valence-electron chi connectivity index (χ4n) is 1.09. The van der Waals surface area contributed by atoms with Gasteiger partial charge in [-0.25, -0.2) is 0 Å². The van der Waals surface area contributed by atoms with Crippen LogP contribution in [0.15, 0.2) is 27.6 Å². The molecule has 1 aliphatic heterocycles. The maximum Gasteiger partial charge on any atom is 0.250 e. The molecule has 2 aliphatic rings. The molecule has 0 saturated carbocycles. The Labute approximate surface area is 68.1 Å². The molecule has 1 amide bonds. The van der Waals surface area contributed by atoms with Gasteiger partial charge in [0.1, 0.15) is 0 Å². The third-order valence-corrected chi connectivity index (χ3v) is 2.50. The summed E-state index contributed by atoms with van der Waals surface area (Å²) in [4.78, 5) is 16.0. The number of thioether (sulfide) groups is 1. The van der Waals surface area contributed by atoms with Crippen molar-refractivity contribution in [3.8, 4) is 0 Å². The average molecular weight is 166 g/mol. The van der Waals surface area contributed by atoms with Gasteiger partial charge in [-0.3, -0.25) is 9.79 Å². The van der Waals surface area contributed by atoms with Crippen molar-refractivity contribution in [2.45, 2.75) is 0 Å². The zero-order valence-electron chi connectivity index (χ0n) is 5.70. The molecule has 0 aromatic heterocycles. The van der Waals surface area contributed by atoms with E-state index in [2.05, 4.69) is 4.99 Å². The predicted molar refractivity (Wildman–Crippen MR) is 45.3 cm³/mol. The van der Waals surface area contributed by atoms with Crippen molar-refractivity contribution in [1.82, 2.24) is 0 Å². The summed E-state index contributed by atoms with van der Waals surface area (Å²) in [5, 5.41) is 0. The molecule has 0 aromatic rings. The lowest BCUT2D eigenvalue weighted by Gasteiger charge is -1.95. The Bertz CT molecular complexity index is 314. The Morgan fingerprint density at radius 1 is 1.64 bits per heavy atom. The molecule has 56 valence electrons. The first-order valence-corrected chi connectivity index (χ1v) is 4.17. The molecule has 3 nitrogen and oxygen atoms in total. The van der Waals surface area contributed by atoms with E-state index in [0.717, 1.165) is 10.6 Å². The first-order chi connectivity index (χ1) is 5.29. The van der Waals surface area contributed by atoms with E-state index in [1.54, 1.807) is 17.8 Å². The summed E-state index contributed by atoms with van der Waals surface area (Å²) in [5.74, 6) is 0.323. The Balaban J connectivity index is 2.38. The Morgan fingerprint density at radius 3 is 3.18 bits per heavy atom. The minimum Gasteiger partial charge on any atom is -0.366 e. The number of carbonyl (C=O) groups is 1. The van der Waals surface area contributed by atoms with Gasteiger partial charge in [0.2, 0.25) is 0 Å². The summed E-state index contributed by atoms with van der Waals surface area (Å²) < 4.78 is 0. The van der Waals surface area contributed by atoms with Gasteiger partial charge in [0.15, 0.2) is 0 Å². The number of fused-ring (bicyclic) bond motifs is 1. The molecule has 0 fully saturated rings. The van der Waals surface area contributed by atoms with Gasteiger partial charge in [0, 0.05) is 4.91 Å². The van der Waals surface area contributed by atoms with Gasteiger partial charge in [0.25, 0.3) is 5.91 Å². The maximum absolute atomic E-state index is 10.8. The summed E-state index contributed by atoms with van der Waals surface area (Å²) >= 11 is 1.63. The predicted octanol–water partition coefficient (Wildman–Crippen LogP) is 0.441. The highest BCUT2D eigenvalue weighted by atomic mass is 32.2. The van der Waals surface area contributed by atoms with Crippen LogP contribution in [0, 0.1) is 0 Å². The minimum absolute atomic E-state index is 0.391. The largest absolute Gasteiger partial charge is 0.366 e. The monoisotopic (exact) mass is 166 g/mol. The second-order valence-electron chi connectivity index (χ2n) is 2.26.